The average Bonchev–Trinajstić information content (AvgIpc) is 2.28. The maximum Gasteiger partial charge on any atom is 0.137 e. The lowest BCUT2D eigenvalue weighted by Gasteiger charge is -2.19. The van der Waals surface area contributed by atoms with Gasteiger partial charge in [0.25, 0.3) is 0 Å². The van der Waals surface area contributed by atoms with Gasteiger partial charge in [0.2, 0.25) is 0 Å². The van der Waals surface area contributed by atoms with E-state index in [0.29, 0.717) is 5.15 Å². The fourth-order valence-electron chi connectivity index (χ4n) is 1.44. The van der Waals surface area contributed by atoms with E-state index in [-0.39, 0.29) is 5.41 Å². The topological polar surface area (TPSA) is 37.8 Å². The summed E-state index contributed by atoms with van der Waals surface area (Å²) in [6, 6.07) is 0. The van der Waals surface area contributed by atoms with Crippen LogP contribution in [0.5, 0.6) is 0 Å². The van der Waals surface area contributed by atoms with Crippen molar-refractivity contribution < 1.29 is 0 Å². The van der Waals surface area contributed by atoms with Crippen molar-refractivity contribution in [3.05, 3.63) is 28.7 Å². The van der Waals surface area contributed by atoms with Gasteiger partial charge in [-0.3, -0.25) is 0 Å². The van der Waals surface area contributed by atoms with E-state index in [1.54, 1.807) is 0 Å². The molecule has 0 aliphatic carbocycles. The second kappa shape index (κ2) is 6.19. The van der Waals surface area contributed by atoms with E-state index in [1.165, 1.54) is 0 Å². The minimum atomic E-state index is -0.100. The van der Waals surface area contributed by atoms with E-state index >= 15 is 0 Å². The Morgan fingerprint density at radius 2 is 1.94 bits per heavy atom. The van der Waals surface area contributed by atoms with E-state index in [9.17, 15) is 0 Å². The van der Waals surface area contributed by atoms with Gasteiger partial charge in [-0.05, 0) is 20.3 Å². The molecule has 1 N–H and O–H groups in total. The summed E-state index contributed by atoms with van der Waals surface area (Å²) >= 11 is 6.16. The Kier molecular flexibility index (Phi) is 5.15. The number of aromatic nitrogens is 2. The van der Waals surface area contributed by atoms with E-state index in [4.69, 9.17) is 11.6 Å². The van der Waals surface area contributed by atoms with Crippen LogP contribution in [0.3, 0.4) is 0 Å². The van der Waals surface area contributed by atoms with Gasteiger partial charge >= 0.3 is 0 Å². The normalized spacial score (nSPS) is 12.1. The third kappa shape index (κ3) is 3.98. The third-order valence-corrected chi connectivity index (χ3v) is 2.96. The predicted octanol–water partition coefficient (Wildman–Crippen LogP) is 4.11. The van der Waals surface area contributed by atoms with Crippen molar-refractivity contribution in [2.75, 3.05) is 11.9 Å². The Bertz CT molecular complexity index is 433. The number of hydrogen-bond donors (Lipinski definition) is 1. The maximum atomic E-state index is 6.16. The molecule has 1 heterocycles. The van der Waals surface area contributed by atoms with Gasteiger partial charge in [-0.1, -0.05) is 44.5 Å². The molecule has 3 nitrogen and oxygen atoms in total. The molecule has 0 aromatic carbocycles. The first-order valence-electron chi connectivity index (χ1n) is 6.26. The standard InChI is InChI=1S/C14H22ClN3/c1-6-7-8-9-16-12-10(2)11(15)17-13(18-12)14(3,4)5/h6-7H,8-9H2,1-5H3,(H,16,17,18)/b7-6+. The van der Waals surface area contributed by atoms with Crippen molar-refractivity contribution in [3.8, 4) is 0 Å². The maximum absolute atomic E-state index is 6.16. The molecular weight excluding hydrogens is 246 g/mol. The summed E-state index contributed by atoms with van der Waals surface area (Å²) < 4.78 is 0. The van der Waals surface area contributed by atoms with Crippen LogP contribution in [0.4, 0.5) is 5.82 Å². The van der Waals surface area contributed by atoms with Crippen molar-refractivity contribution in [1.29, 1.82) is 0 Å². The lowest BCUT2D eigenvalue weighted by atomic mass is 9.95. The molecule has 0 saturated carbocycles. The van der Waals surface area contributed by atoms with Crippen LogP contribution >= 0.6 is 11.6 Å². The van der Waals surface area contributed by atoms with Crippen molar-refractivity contribution in [2.24, 2.45) is 0 Å². The molecule has 0 radical (unpaired) electrons. The quantitative estimate of drug-likeness (QED) is 0.507. The molecule has 1 aromatic heterocycles. The van der Waals surface area contributed by atoms with Crippen molar-refractivity contribution in [2.45, 2.75) is 46.5 Å². The van der Waals surface area contributed by atoms with Gasteiger partial charge in [0.05, 0.1) is 0 Å². The number of anilines is 1. The zero-order valence-electron chi connectivity index (χ0n) is 11.8. The molecule has 18 heavy (non-hydrogen) atoms. The molecule has 0 fully saturated rings. The number of nitrogens with one attached hydrogen (secondary N) is 1. The van der Waals surface area contributed by atoms with Crippen LogP contribution in [0, 0.1) is 6.92 Å². The van der Waals surface area contributed by atoms with E-state index < -0.39 is 0 Å². The van der Waals surface area contributed by atoms with Crippen molar-refractivity contribution >= 4 is 17.4 Å². The highest BCUT2D eigenvalue weighted by molar-refractivity contribution is 6.30. The minimum Gasteiger partial charge on any atom is -0.369 e. The van der Waals surface area contributed by atoms with Gasteiger partial charge in [-0.15, -0.1) is 0 Å². The van der Waals surface area contributed by atoms with Gasteiger partial charge < -0.3 is 5.32 Å². The van der Waals surface area contributed by atoms with Crippen LogP contribution in [0.2, 0.25) is 5.15 Å². The Morgan fingerprint density at radius 3 is 2.50 bits per heavy atom. The Balaban J connectivity index is 2.93. The SMILES string of the molecule is C/C=C/CCNc1nc(C(C)(C)C)nc(Cl)c1C. The summed E-state index contributed by atoms with van der Waals surface area (Å²) in [6.45, 7) is 11.0. The lowest BCUT2D eigenvalue weighted by molar-refractivity contribution is 0.545. The van der Waals surface area contributed by atoms with Crippen LogP contribution < -0.4 is 5.32 Å². The molecule has 0 unspecified atom stereocenters. The summed E-state index contributed by atoms with van der Waals surface area (Å²) in [7, 11) is 0. The number of halogens is 1. The zero-order valence-corrected chi connectivity index (χ0v) is 12.6. The number of rotatable bonds is 4. The summed E-state index contributed by atoms with van der Waals surface area (Å²) in [5, 5.41) is 3.85. The summed E-state index contributed by atoms with van der Waals surface area (Å²) in [4.78, 5) is 8.92. The average molecular weight is 268 g/mol. The molecule has 0 bridgehead atoms. The molecular formula is C14H22ClN3. The Hall–Kier alpha value is -1.09. The molecule has 0 aliphatic rings. The molecule has 4 heteroatoms. The molecule has 0 saturated heterocycles. The monoisotopic (exact) mass is 267 g/mol. The summed E-state index contributed by atoms with van der Waals surface area (Å²) in [5.74, 6) is 1.61. The fourth-order valence-corrected chi connectivity index (χ4v) is 1.61. The van der Waals surface area contributed by atoms with Crippen LogP contribution in [0.1, 0.15) is 45.5 Å². The molecule has 0 amide bonds. The first-order chi connectivity index (χ1) is 8.36. The molecule has 1 aromatic rings. The van der Waals surface area contributed by atoms with Gasteiger partial charge in [0.1, 0.15) is 16.8 Å². The largest absolute Gasteiger partial charge is 0.369 e. The van der Waals surface area contributed by atoms with E-state index in [2.05, 4.69) is 42.1 Å². The second-order valence-electron chi connectivity index (χ2n) is 5.35. The highest BCUT2D eigenvalue weighted by Crippen LogP contribution is 2.25. The first kappa shape index (κ1) is 15.0. The Labute approximate surface area is 115 Å². The van der Waals surface area contributed by atoms with Gasteiger partial charge in [0, 0.05) is 17.5 Å². The minimum absolute atomic E-state index is 0.100. The van der Waals surface area contributed by atoms with Gasteiger partial charge in [-0.25, -0.2) is 9.97 Å². The van der Waals surface area contributed by atoms with Crippen LogP contribution in [0.15, 0.2) is 12.2 Å². The third-order valence-electron chi connectivity index (χ3n) is 2.60. The molecule has 0 atom stereocenters. The molecule has 100 valence electrons. The highest BCUT2D eigenvalue weighted by atomic mass is 35.5. The highest BCUT2D eigenvalue weighted by Gasteiger charge is 2.20. The predicted molar refractivity (Wildman–Crippen MR) is 78.4 cm³/mol. The molecule has 0 spiro atoms. The zero-order chi connectivity index (χ0) is 13.8. The fraction of sp³-hybridized carbons (Fsp3) is 0.571. The van der Waals surface area contributed by atoms with Gasteiger partial charge in [0.15, 0.2) is 0 Å². The molecule has 0 aliphatic heterocycles. The van der Waals surface area contributed by atoms with E-state index in [0.717, 1.165) is 30.2 Å². The smallest absolute Gasteiger partial charge is 0.137 e. The Morgan fingerprint density at radius 1 is 1.28 bits per heavy atom. The number of hydrogen-bond acceptors (Lipinski definition) is 3. The summed E-state index contributed by atoms with van der Waals surface area (Å²) in [6.07, 6.45) is 5.14. The summed E-state index contributed by atoms with van der Waals surface area (Å²) in [5.41, 5.74) is 0.807. The van der Waals surface area contributed by atoms with Crippen molar-refractivity contribution in [3.63, 3.8) is 0 Å². The number of allylic oxidation sites excluding steroid dienone is 1. The van der Waals surface area contributed by atoms with Crippen molar-refractivity contribution in [1.82, 2.24) is 9.97 Å². The molecule has 1 rings (SSSR count). The second-order valence-corrected chi connectivity index (χ2v) is 5.70. The van der Waals surface area contributed by atoms with E-state index in [1.807, 2.05) is 19.9 Å². The number of nitrogens with zero attached hydrogens (tertiary/aromatic N) is 2. The first-order valence-corrected chi connectivity index (χ1v) is 6.63. The van der Waals surface area contributed by atoms with Gasteiger partial charge in [-0.2, -0.15) is 0 Å². The van der Waals surface area contributed by atoms with Crippen LogP contribution in [-0.2, 0) is 5.41 Å². The lowest BCUT2D eigenvalue weighted by Crippen LogP contribution is -2.18. The van der Waals surface area contributed by atoms with Crippen LogP contribution in [-0.4, -0.2) is 16.5 Å². The van der Waals surface area contributed by atoms with Crippen LogP contribution in [0.25, 0.3) is 0 Å².